The van der Waals surface area contributed by atoms with Crippen LogP contribution in [-0.4, -0.2) is 41.0 Å². The minimum absolute atomic E-state index is 0.00729. The fourth-order valence-corrected chi connectivity index (χ4v) is 4.12. The number of fused-ring (bicyclic) bond motifs is 3. The quantitative estimate of drug-likeness (QED) is 0.898. The number of ether oxygens (including phenoxy) is 1. The summed E-state index contributed by atoms with van der Waals surface area (Å²) in [6.45, 7) is 6.55. The van der Waals surface area contributed by atoms with E-state index < -0.39 is 0 Å². The summed E-state index contributed by atoms with van der Waals surface area (Å²) in [7, 11) is 0. The molecule has 2 N–H and O–H groups in total. The molecule has 1 aromatic heterocycles. The van der Waals surface area contributed by atoms with Crippen molar-refractivity contribution in [1.82, 2.24) is 15.2 Å². The summed E-state index contributed by atoms with van der Waals surface area (Å²) in [6.07, 6.45) is 2.38. The van der Waals surface area contributed by atoms with Crippen LogP contribution in [0.1, 0.15) is 35.8 Å². The highest BCUT2D eigenvalue weighted by atomic mass is 16.5. The maximum absolute atomic E-state index is 12.6. The van der Waals surface area contributed by atoms with E-state index in [1.165, 1.54) is 25.9 Å². The Kier molecular flexibility index (Phi) is 4.25. The number of carbonyl (C=O) groups is 1. The number of rotatable bonds is 4. The van der Waals surface area contributed by atoms with Gasteiger partial charge in [-0.25, -0.2) is 0 Å². The Bertz CT molecular complexity index is 743. The molecule has 5 nitrogen and oxygen atoms in total. The molecular weight excluding hydrogens is 314 g/mol. The summed E-state index contributed by atoms with van der Waals surface area (Å²) in [6, 6.07) is 11.9. The zero-order valence-electron chi connectivity index (χ0n) is 14.8. The number of carbonyl (C=O) groups excluding carboxylic acids is 1. The Balaban J connectivity index is 1.40. The summed E-state index contributed by atoms with van der Waals surface area (Å²) >= 11 is 0. The lowest BCUT2D eigenvalue weighted by Gasteiger charge is -2.49. The standard InChI is InChI=1S/C20H25N3O2/c1-13-3-8-18(21-13)25-17-6-4-16(5-7-17)20(24)22-19-14(2)23-11-9-15(19)10-12-23/h3-8,14-15,19,21H,9-12H2,1-2H3,(H,22,24)/t14-,19-/m0/s1. The molecule has 2 bridgehead atoms. The highest BCUT2D eigenvalue weighted by Gasteiger charge is 2.40. The van der Waals surface area contributed by atoms with E-state index in [0.717, 1.165) is 11.4 Å². The largest absolute Gasteiger partial charge is 0.441 e. The van der Waals surface area contributed by atoms with E-state index in [1.807, 2.05) is 43.3 Å². The molecular formula is C20H25N3O2. The number of amides is 1. The van der Waals surface area contributed by atoms with Crippen LogP contribution in [0.2, 0.25) is 0 Å². The van der Waals surface area contributed by atoms with Gasteiger partial charge in [0.1, 0.15) is 5.75 Å². The van der Waals surface area contributed by atoms with Crippen LogP contribution in [0.4, 0.5) is 0 Å². The number of aromatic nitrogens is 1. The number of piperidine rings is 3. The van der Waals surface area contributed by atoms with Gasteiger partial charge in [0.15, 0.2) is 5.88 Å². The number of H-pyrrole nitrogens is 1. The maximum Gasteiger partial charge on any atom is 0.251 e. The predicted octanol–water partition coefficient (Wildman–Crippen LogP) is 3.33. The Morgan fingerprint density at radius 2 is 1.88 bits per heavy atom. The number of benzene rings is 1. The van der Waals surface area contributed by atoms with E-state index in [-0.39, 0.29) is 11.9 Å². The van der Waals surface area contributed by atoms with Gasteiger partial charge in [-0.3, -0.25) is 9.69 Å². The predicted molar refractivity (Wildman–Crippen MR) is 97.1 cm³/mol. The first-order valence-electron chi connectivity index (χ1n) is 9.08. The molecule has 2 aromatic rings. The van der Waals surface area contributed by atoms with Gasteiger partial charge in [0.05, 0.1) is 0 Å². The molecule has 0 spiro atoms. The summed E-state index contributed by atoms with van der Waals surface area (Å²) < 4.78 is 5.75. The summed E-state index contributed by atoms with van der Waals surface area (Å²) in [5.41, 5.74) is 1.73. The molecule has 0 saturated carbocycles. The highest BCUT2D eigenvalue weighted by molar-refractivity contribution is 5.94. The summed E-state index contributed by atoms with van der Waals surface area (Å²) in [5, 5.41) is 3.26. The third-order valence-electron chi connectivity index (χ3n) is 5.62. The van der Waals surface area contributed by atoms with Crippen molar-refractivity contribution in [3.63, 3.8) is 0 Å². The van der Waals surface area contributed by atoms with Gasteiger partial charge >= 0.3 is 0 Å². The molecule has 3 fully saturated rings. The van der Waals surface area contributed by atoms with E-state index in [0.29, 0.717) is 23.4 Å². The van der Waals surface area contributed by atoms with E-state index in [1.54, 1.807) is 0 Å². The lowest BCUT2D eigenvalue weighted by atomic mass is 9.79. The van der Waals surface area contributed by atoms with Crippen LogP contribution >= 0.6 is 0 Å². The van der Waals surface area contributed by atoms with Crippen LogP contribution in [-0.2, 0) is 0 Å². The van der Waals surface area contributed by atoms with Crippen molar-refractivity contribution in [3.05, 3.63) is 47.7 Å². The Morgan fingerprint density at radius 3 is 2.48 bits per heavy atom. The number of aromatic amines is 1. The molecule has 5 rings (SSSR count). The van der Waals surface area contributed by atoms with Crippen molar-refractivity contribution in [2.75, 3.05) is 13.1 Å². The van der Waals surface area contributed by atoms with Crippen LogP contribution in [0, 0.1) is 12.8 Å². The van der Waals surface area contributed by atoms with Gasteiger partial charge in [0.25, 0.3) is 5.91 Å². The molecule has 1 aromatic carbocycles. The van der Waals surface area contributed by atoms with Crippen molar-refractivity contribution in [1.29, 1.82) is 0 Å². The number of hydrogen-bond donors (Lipinski definition) is 2. The van der Waals surface area contributed by atoms with Gasteiger partial charge < -0.3 is 15.0 Å². The maximum atomic E-state index is 12.6. The first-order chi connectivity index (χ1) is 12.1. The molecule has 3 aliphatic heterocycles. The molecule has 4 heterocycles. The average molecular weight is 339 g/mol. The molecule has 3 saturated heterocycles. The van der Waals surface area contributed by atoms with Crippen molar-refractivity contribution in [3.8, 4) is 11.6 Å². The molecule has 1 amide bonds. The normalized spacial score (nSPS) is 27.9. The fraction of sp³-hybridized carbons (Fsp3) is 0.450. The van der Waals surface area contributed by atoms with E-state index in [9.17, 15) is 4.79 Å². The second-order valence-corrected chi connectivity index (χ2v) is 7.25. The molecule has 25 heavy (non-hydrogen) atoms. The van der Waals surface area contributed by atoms with Gasteiger partial charge in [-0.15, -0.1) is 0 Å². The lowest BCUT2D eigenvalue weighted by molar-refractivity contribution is 0.0217. The van der Waals surface area contributed by atoms with Crippen molar-refractivity contribution in [2.45, 2.75) is 38.8 Å². The monoisotopic (exact) mass is 339 g/mol. The Hall–Kier alpha value is -2.27. The average Bonchev–Trinajstić information content (AvgIpc) is 3.04. The molecule has 0 aliphatic carbocycles. The summed E-state index contributed by atoms with van der Waals surface area (Å²) in [4.78, 5) is 18.2. The number of nitrogens with zero attached hydrogens (tertiary/aromatic N) is 1. The number of hydrogen-bond acceptors (Lipinski definition) is 3. The van der Waals surface area contributed by atoms with Crippen LogP contribution in [0.25, 0.3) is 0 Å². The van der Waals surface area contributed by atoms with Crippen LogP contribution in [0.15, 0.2) is 36.4 Å². The van der Waals surface area contributed by atoms with Crippen molar-refractivity contribution >= 4 is 5.91 Å². The Morgan fingerprint density at radius 1 is 1.16 bits per heavy atom. The molecule has 132 valence electrons. The minimum atomic E-state index is 0.00729. The molecule has 5 heteroatoms. The van der Waals surface area contributed by atoms with Gasteiger partial charge in [0.2, 0.25) is 0 Å². The molecule has 0 radical (unpaired) electrons. The fourth-order valence-electron chi connectivity index (χ4n) is 4.12. The zero-order valence-corrected chi connectivity index (χ0v) is 14.8. The second-order valence-electron chi connectivity index (χ2n) is 7.25. The SMILES string of the molecule is Cc1ccc(Oc2ccc(C(=O)N[C@@H]3C4CCN(CC4)[C@H]3C)cc2)[nH]1. The number of nitrogens with one attached hydrogen (secondary N) is 2. The van der Waals surface area contributed by atoms with E-state index in [4.69, 9.17) is 4.74 Å². The van der Waals surface area contributed by atoms with Crippen molar-refractivity contribution < 1.29 is 9.53 Å². The third kappa shape index (κ3) is 3.29. The third-order valence-corrected chi connectivity index (χ3v) is 5.62. The smallest absolute Gasteiger partial charge is 0.251 e. The minimum Gasteiger partial charge on any atom is -0.441 e. The second kappa shape index (κ2) is 6.56. The van der Waals surface area contributed by atoms with E-state index in [2.05, 4.69) is 22.1 Å². The first-order valence-corrected chi connectivity index (χ1v) is 9.08. The molecule has 3 aliphatic rings. The molecule has 2 atom stereocenters. The highest BCUT2D eigenvalue weighted by Crippen LogP contribution is 2.32. The lowest BCUT2D eigenvalue weighted by Crippen LogP contribution is -2.62. The number of aryl methyl sites for hydroxylation is 1. The van der Waals surface area contributed by atoms with Gasteiger partial charge in [-0.2, -0.15) is 0 Å². The van der Waals surface area contributed by atoms with E-state index >= 15 is 0 Å². The first kappa shape index (κ1) is 16.2. The zero-order chi connectivity index (χ0) is 17.4. The summed E-state index contributed by atoms with van der Waals surface area (Å²) in [5.74, 6) is 2.04. The topological polar surface area (TPSA) is 57.4 Å². The van der Waals surface area contributed by atoms with Gasteiger partial charge in [0, 0.05) is 29.4 Å². The van der Waals surface area contributed by atoms with Gasteiger partial charge in [-0.05, 0) is 76.0 Å². The molecule has 0 unspecified atom stereocenters. The van der Waals surface area contributed by atoms with Gasteiger partial charge in [-0.1, -0.05) is 0 Å². The van der Waals surface area contributed by atoms with Crippen LogP contribution < -0.4 is 10.1 Å². The van der Waals surface area contributed by atoms with Crippen LogP contribution in [0.3, 0.4) is 0 Å². The van der Waals surface area contributed by atoms with Crippen molar-refractivity contribution in [2.24, 2.45) is 5.92 Å². The Labute approximate surface area is 148 Å². The van der Waals surface area contributed by atoms with Crippen LogP contribution in [0.5, 0.6) is 11.6 Å².